The molecule has 2 bridgehead atoms. The van der Waals surface area contributed by atoms with Crippen molar-refractivity contribution in [2.45, 2.75) is 31.0 Å². The molecule has 0 spiro atoms. The van der Waals surface area contributed by atoms with Gasteiger partial charge in [-0.05, 0) is 30.7 Å². The van der Waals surface area contributed by atoms with Gasteiger partial charge in [0.25, 0.3) is 5.91 Å². The van der Waals surface area contributed by atoms with Crippen molar-refractivity contribution < 1.29 is 9.90 Å². The van der Waals surface area contributed by atoms with Gasteiger partial charge in [0.05, 0.1) is 0 Å². The number of amides is 1. The molecule has 3 aliphatic heterocycles. The number of hydrogen-bond donors (Lipinski definition) is 2. The molecule has 2 N–H and O–H groups in total. The van der Waals surface area contributed by atoms with Gasteiger partial charge in [-0.25, -0.2) is 0 Å². The summed E-state index contributed by atoms with van der Waals surface area (Å²) < 4.78 is 0. The summed E-state index contributed by atoms with van der Waals surface area (Å²) in [7, 11) is 0. The minimum absolute atomic E-state index is 0.176. The molecule has 0 saturated carbocycles. The lowest BCUT2D eigenvalue weighted by Gasteiger charge is -2.27. The summed E-state index contributed by atoms with van der Waals surface area (Å²) in [6.45, 7) is 2.00. The monoisotopic (exact) mass is 306 g/mol. The second-order valence-corrected chi connectivity index (χ2v) is 6.77. The number of halogens is 1. The van der Waals surface area contributed by atoms with Crippen LogP contribution in [0.25, 0.3) is 0 Å². The van der Waals surface area contributed by atoms with Gasteiger partial charge in [-0.3, -0.25) is 4.79 Å². The number of carbonyl (C=O) groups excluding carboxylic acids is 1. The number of fused-ring (bicyclic) bond motifs is 5. The van der Waals surface area contributed by atoms with E-state index in [2.05, 4.69) is 5.32 Å². The van der Waals surface area contributed by atoms with Gasteiger partial charge < -0.3 is 15.3 Å². The highest BCUT2D eigenvalue weighted by molar-refractivity contribution is 6.31. The highest BCUT2D eigenvalue weighted by Crippen LogP contribution is 2.48. The molecule has 21 heavy (non-hydrogen) atoms. The van der Waals surface area contributed by atoms with Gasteiger partial charge >= 0.3 is 0 Å². The topological polar surface area (TPSA) is 52.6 Å². The summed E-state index contributed by atoms with van der Waals surface area (Å²) >= 11 is 6.11. The Morgan fingerprint density at radius 2 is 1.86 bits per heavy atom. The Balaban J connectivity index is 1.60. The van der Waals surface area contributed by atoms with Crippen LogP contribution in [0.2, 0.25) is 5.02 Å². The van der Waals surface area contributed by atoms with E-state index in [9.17, 15) is 9.90 Å². The zero-order valence-electron chi connectivity index (χ0n) is 11.7. The smallest absolute Gasteiger partial charge is 0.256 e. The predicted octanol–water partition coefficient (Wildman–Crippen LogP) is 1.58. The largest absolute Gasteiger partial charge is 0.378 e. The number of nitrogens with zero attached hydrogens (tertiary/aromatic N) is 1. The summed E-state index contributed by atoms with van der Waals surface area (Å²) in [6, 6.07) is 7.63. The SMILES string of the molecule is O=C(C(O)c1ccccc1Cl)N1[C@@H]2CC[C@H]1[C@H]1CNC[C@H]12. The summed E-state index contributed by atoms with van der Waals surface area (Å²) in [5.74, 6) is 0.947. The molecule has 4 nitrogen and oxygen atoms in total. The third-order valence-corrected chi connectivity index (χ3v) is 5.80. The Morgan fingerprint density at radius 1 is 1.24 bits per heavy atom. The molecule has 4 rings (SSSR count). The van der Waals surface area contributed by atoms with Crippen LogP contribution in [0, 0.1) is 11.8 Å². The van der Waals surface area contributed by atoms with Gasteiger partial charge in [0.2, 0.25) is 0 Å². The van der Waals surface area contributed by atoms with E-state index < -0.39 is 6.10 Å². The summed E-state index contributed by atoms with van der Waals surface area (Å²) in [5, 5.41) is 14.3. The number of rotatable bonds is 2. The normalized spacial score (nSPS) is 35.0. The molecule has 1 unspecified atom stereocenters. The Bertz CT molecular complexity index is 561. The molecule has 0 aromatic heterocycles. The summed E-state index contributed by atoms with van der Waals surface area (Å²) in [4.78, 5) is 14.7. The van der Waals surface area contributed by atoms with Crippen LogP contribution in [0.15, 0.2) is 24.3 Å². The zero-order chi connectivity index (χ0) is 14.6. The second kappa shape index (κ2) is 4.97. The lowest BCUT2D eigenvalue weighted by molar-refractivity contribution is -0.142. The van der Waals surface area contributed by atoms with Crippen LogP contribution in [0.5, 0.6) is 0 Å². The number of aliphatic hydroxyl groups excluding tert-OH is 1. The highest BCUT2D eigenvalue weighted by atomic mass is 35.5. The Kier molecular flexibility index (Phi) is 3.21. The lowest BCUT2D eigenvalue weighted by Crippen LogP contribution is -2.42. The molecule has 5 heteroatoms. The van der Waals surface area contributed by atoms with E-state index in [0.717, 1.165) is 25.9 Å². The fourth-order valence-corrected chi connectivity index (χ4v) is 4.81. The molecular weight excluding hydrogens is 288 g/mol. The maximum atomic E-state index is 12.8. The van der Waals surface area contributed by atoms with Crippen molar-refractivity contribution in [3.63, 3.8) is 0 Å². The molecule has 1 aromatic rings. The van der Waals surface area contributed by atoms with Gasteiger partial charge in [-0.1, -0.05) is 29.8 Å². The number of nitrogens with one attached hydrogen (secondary N) is 1. The standard InChI is InChI=1S/C16H19ClN2O2/c17-12-4-2-1-3-9(12)15(20)16(21)19-13-5-6-14(19)11-8-18-7-10(11)13/h1-4,10-11,13-15,18,20H,5-8H2/t10-,11+,13-,14+,15?. The average molecular weight is 307 g/mol. The van der Waals surface area contributed by atoms with Gasteiger partial charge in [0.1, 0.15) is 0 Å². The van der Waals surface area contributed by atoms with E-state index in [-0.39, 0.29) is 5.91 Å². The van der Waals surface area contributed by atoms with E-state index in [1.165, 1.54) is 0 Å². The van der Waals surface area contributed by atoms with E-state index in [4.69, 9.17) is 11.6 Å². The van der Waals surface area contributed by atoms with Crippen molar-refractivity contribution in [1.29, 1.82) is 0 Å². The number of aliphatic hydroxyl groups is 1. The van der Waals surface area contributed by atoms with Crippen LogP contribution in [0.1, 0.15) is 24.5 Å². The lowest BCUT2D eigenvalue weighted by atomic mass is 9.82. The first-order chi connectivity index (χ1) is 10.2. The maximum absolute atomic E-state index is 12.8. The van der Waals surface area contributed by atoms with Crippen molar-refractivity contribution in [3.8, 4) is 0 Å². The molecular formula is C16H19ClN2O2. The number of hydrogen-bond acceptors (Lipinski definition) is 3. The second-order valence-electron chi connectivity index (χ2n) is 6.37. The van der Waals surface area contributed by atoms with Crippen LogP contribution >= 0.6 is 11.6 Å². The quantitative estimate of drug-likeness (QED) is 0.872. The average Bonchev–Trinajstić information content (AvgIpc) is 3.18. The van der Waals surface area contributed by atoms with E-state index in [1.54, 1.807) is 24.3 Å². The van der Waals surface area contributed by atoms with Crippen LogP contribution < -0.4 is 5.32 Å². The van der Waals surface area contributed by atoms with E-state index in [0.29, 0.717) is 34.5 Å². The van der Waals surface area contributed by atoms with Crippen LogP contribution in [-0.2, 0) is 4.79 Å². The molecule has 1 aromatic carbocycles. The fourth-order valence-electron chi connectivity index (χ4n) is 4.57. The van der Waals surface area contributed by atoms with E-state index >= 15 is 0 Å². The molecule has 1 amide bonds. The van der Waals surface area contributed by atoms with Crippen molar-refractivity contribution >= 4 is 17.5 Å². The van der Waals surface area contributed by atoms with Crippen molar-refractivity contribution in [2.75, 3.05) is 13.1 Å². The van der Waals surface area contributed by atoms with E-state index in [1.807, 2.05) is 4.90 Å². The summed E-state index contributed by atoms with van der Waals surface area (Å²) in [6.07, 6.45) is 0.983. The first-order valence-corrected chi connectivity index (χ1v) is 8.01. The molecule has 3 fully saturated rings. The third-order valence-electron chi connectivity index (χ3n) is 5.46. The number of carbonyl (C=O) groups is 1. The molecule has 0 radical (unpaired) electrons. The zero-order valence-corrected chi connectivity index (χ0v) is 12.5. The van der Waals surface area contributed by atoms with Crippen LogP contribution in [-0.4, -0.2) is 41.1 Å². The van der Waals surface area contributed by atoms with Crippen LogP contribution in [0.4, 0.5) is 0 Å². The van der Waals surface area contributed by atoms with Crippen LogP contribution in [0.3, 0.4) is 0 Å². The summed E-state index contributed by atoms with van der Waals surface area (Å²) in [5.41, 5.74) is 0.513. The van der Waals surface area contributed by atoms with Gasteiger partial charge in [0, 0.05) is 35.8 Å². The minimum Gasteiger partial charge on any atom is -0.378 e. The van der Waals surface area contributed by atoms with Gasteiger partial charge in [-0.2, -0.15) is 0 Å². The maximum Gasteiger partial charge on any atom is 0.256 e. The fraction of sp³-hybridized carbons (Fsp3) is 0.562. The third kappa shape index (κ3) is 1.93. The molecule has 112 valence electrons. The number of benzene rings is 1. The van der Waals surface area contributed by atoms with Gasteiger partial charge in [0.15, 0.2) is 6.10 Å². The first-order valence-electron chi connectivity index (χ1n) is 7.64. The predicted molar refractivity (Wildman–Crippen MR) is 79.9 cm³/mol. The van der Waals surface area contributed by atoms with Crippen molar-refractivity contribution in [2.24, 2.45) is 11.8 Å². The highest BCUT2D eigenvalue weighted by Gasteiger charge is 2.56. The Morgan fingerprint density at radius 3 is 2.48 bits per heavy atom. The van der Waals surface area contributed by atoms with Gasteiger partial charge in [-0.15, -0.1) is 0 Å². The molecule has 3 saturated heterocycles. The molecule has 0 aliphatic carbocycles. The Labute approximate surface area is 129 Å². The molecule has 3 heterocycles. The van der Waals surface area contributed by atoms with Crippen molar-refractivity contribution in [3.05, 3.63) is 34.9 Å². The Hall–Kier alpha value is -1.10. The molecule has 5 atom stereocenters. The molecule has 3 aliphatic rings. The minimum atomic E-state index is -1.14. The first kappa shape index (κ1) is 13.6. The van der Waals surface area contributed by atoms with Crippen molar-refractivity contribution in [1.82, 2.24) is 10.2 Å².